The number of amides is 1. The molecular formula is C16H24N2O4S. The Bertz CT molecular complexity index is 677. The minimum atomic E-state index is -3.61. The van der Waals surface area contributed by atoms with Crippen LogP contribution in [0.2, 0.25) is 0 Å². The molecule has 1 saturated heterocycles. The van der Waals surface area contributed by atoms with Crippen LogP contribution in [-0.2, 0) is 14.8 Å². The van der Waals surface area contributed by atoms with Gasteiger partial charge in [-0.05, 0) is 37.5 Å². The van der Waals surface area contributed by atoms with E-state index in [-0.39, 0.29) is 16.7 Å². The fourth-order valence-electron chi connectivity index (χ4n) is 2.83. The Hall–Kier alpha value is -1.60. The lowest BCUT2D eigenvalue weighted by molar-refractivity contribution is -0.134. The molecule has 0 spiro atoms. The number of nitrogens with zero attached hydrogens (tertiary/aromatic N) is 2. The molecule has 128 valence electrons. The normalized spacial score (nSPS) is 17.0. The van der Waals surface area contributed by atoms with Gasteiger partial charge >= 0.3 is 0 Å². The molecule has 23 heavy (non-hydrogen) atoms. The van der Waals surface area contributed by atoms with Crippen molar-refractivity contribution >= 4 is 15.9 Å². The molecule has 1 aliphatic rings. The summed E-state index contributed by atoms with van der Waals surface area (Å²) in [6.07, 6.45) is 1.09. The zero-order chi connectivity index (χ0) is 17.2. The van der Waals surface area contributed by atoms with Crippen molar-refractivity contribution in [1.82, 2.24) is 9.21 Å². The highest BCUT2D eigenvalue weighted by atomic mass is 32.2. The summed E-state index contributed by atoms with van der Waals surface area (Å²) in [6, 6.07) is 5.12. The third-order valence-corrected chi connectivity index (χ3v) is 6.10. The molecule has 0 N–H and O–H groups in total. The van der Waals surface area contributed by atoms with E-state index in [0.717, 1.165) is 5.56 Å². The van der Waals surface area contributed by atoms with Crippen LogP contribution in [0.3, 0.4) is 0 Å². The molecule has 0 radical (unpaired) electrons. The molecule has 1 heterocycles. The number of methoxy groups -OCH3 is 1. The predicted molar refractivity (Wildman–Crippen MR) is 87.9 cm³/mol. The number of sulfonamides is 1. The van der Waals surface area contributed by atoms with E-state index in [2.05, 4.69) is 0 Å². The SMILES string of the molecule is COc1ccc(C)cc1S(=O)(=O)N1CCC(C(=O)N(C)C)CC1. The summed E-state index contributed by atoms with van der Waals surface area (Å²) in [5.74, 6) is 0.313. The van der Waals surface area contributed by atoms with Crippen molar-refractivity contribution in [3.63, 3.8) is 0 Å². The van der Waals surface area contributed by atoms with Gasteiger partial charge in [-0.25, -0.2) is 8.42 Å². The van der Waals surface area contributed by atoms with Gasteiger partial charge in [0.25, 0.3) is 0 Å². The third-order valence-electron chi connectivity index (χ3n) is 4.18. The molecule has 1 aromatic carbocycles. The first-order chi connectivity index (χ1) is 10.8. The number of carbonyl (C=O) groups is 1. The highest BCUT2D eigenvalue weighted by molar-refractivity contribution is 7.89. The van der Waals surface area contributed by atoms with Crippen LogP contribution in [0.25, 0.3) is 0 Å². The van der Waals surface area contributed by atoms with Gasteiger partial charge < -0.3 is 9.64 Å². The van der Waals surface area contributed by atoms with E-state index in [0.29, 0.717) is 31.7 Å². The number of carbonyl (C=O) groups excluding carboxylic acids is 1. The summed E-state index contributed by atoms with van der Waals surface area (Å²) < 4.78 is 32.4. The van der Waals surface area contributed by atoms with Gasteiger partial charge in [0.1, 0.15) is 10.6 Å². The fourth-order valence-corrected chi connectivity index (χ4v) is 4.54. The molecule has 2 rings (SSSR count). The maximum atomic E-state index is 12.9. The van der Waals surface area contributed by atoms with Crippen LogP contribution < -0.4 is 4.74 Å². The van der Waals surface area contributed by atoms with E-state index < -0.39 is 10.0 Å². The van der Waals surface area contributed by atoms with Crippen molar-refractivity contribution < 1.29 is 17.9 Å². The Morgan fingerprint density at radius 2 is 1.87 bits per heavy atom. The Balaban J connectivity index is 2.20. The van der Waals surface area contributed by atoms with Crippen LogP contribution in [0.4, 0.5) is 0 Å². The number of benzene rings is 1. The van der Waals surface area contributed by atoms with E-state index in [1.807, 2.05) is 13.0 Å². The topological polar surface area (TPSA) is 66.9 Å². The first-order valence-corrected chi connectivity index (χ1v) is 9.07. The van der Waals surface area contributed by atoms with Gasteiger partial charge in [0, 0.05) is 33.1 Å². The number of ether oxygens (including phenoxy) is 1. The van der Waals surface area contributed by atoms with E-state index in [1.165, 1.54) is 11.4 Å². The third kappa shape index (κ3) is 3.67. The zero-order valence-corrected chi connectivity index (χ0v) is 14.9. The van der Waals surface area contributed by atoms with Gasteiger partial charge in [-0.15, -0.1) is 0 Å². The quantitative estimate of drug-likeness (QED) is 0.833. The highest BCUT2D eigenvalue weighted by Gasteiger charge is 2.34. The molecule has 7 heteroatoms. The largest absolute Gasteiger partial charge is 0.495 e. The predicted octanol–water partition coefficient (Wildman–Crippen LogP) is 1.49. The van der Waals surface area contributed by atoms with Gasteiger partial charge in [0.05, 0.1) is 7.11 Å². The van der Waals surface area contributed by atoms with Crippen LogP contribution in [0, 0.1) is 12.8 Å². The van der Waals surface area contributed by atoms with Crippen LogP contribution in [0.5, 0.6) is 5.75 Å². The maximum absolute atomic E-state index is 12.9. The molecule has 1 aromatic rings. The second-order valence-electron chi connectivity index (χ2n) is 6.07. The smallest absolute Gasteiger partial charge is 0.246 e. The Kier molecular flexibility index (Phi) is 5.31. The lowest BCUT2D eigenvalue weighted by Crippen LogP contribution is -2.42. The van der Waals surface area contributed by atoms with E-state index in [1.54, 1.807) is 31.1 Å². The number of hydrogen-bond acceptors (Lipinski definition) is 4. The standard InChI is InChI=1S/C16H24N2O4S/c1-12-5-6-14(22-4)15(11-12)23(20,21)18-9-7-13(8-10-18)16(19)17(2)3/h5-6,11,13H,7-10H2,1-4H3. The molecule has 0 aliphatic carbocycles. The molecule has 0 bridgehead atoms. The van der Waals surface area contributed by atoms with Crippen molar-refractivity contribution in [3.05, 3.63) is 23.8 Å². The molecule has 1 fully saturated rings. The van der Waals surface area contributed by atoms with Crippen molar-refractivity contribution in [1.29, 1.82) is 0 Å². The molecular weight excluding hydrogens is 316 g/mol. The van der Waals surface area contributed by atoms with Gasteiger partial charge in [-0.1, -0.05) is 6.07 Å². The van der Waals surface area contributed by atoms with Crippen LogP contribution in [-0.4, -0.2) is 57.8 Å². The number of hydrogen-bond donors (Lipinski definition) is 0. The molecule has 0 saturated carbocycles. The minimum Gasteiger partial charge on any atom is -0.495 e. The number of rotatable bonds is 4. The summed E-state index contributed by atoms with van der Waals surface area (Å²) >= 11 is 0. The summed E-state index contributed by atoms with van der Waals surface area (Å²) in [6.45, 7) is 2.55. The molecule has 0 atom stereocenters. The summed E-state index contributed by atoms with van der Waals surface area (Å²) in [7, 11) is 1.30. The first kappa shape index (κ1) is 17.7. The molecule has 1 aliphatic heterocycles. The van der Waals surface area contributed by atoms with Crippen molar-refractivity contribution in [3.8, 4) is 5.75 Å². The fraction of sp³-hybridized carbons (Fsp3) is 0.562. The Morgan fingerprint density at radius 3 is 2.39 bits per heavy atom. The second-order valence-corrected chi connectivity index (χ2v) is 7.97. The summed E-state index contributed by atoms with van der Waals surface area (Å²) in [5.41, 5.74) is 0.863. The van der Waals surface area contributed by atoms with Crippen molar-refractivity contribution in [2.75, 3.05) is 34.3 Å². The second kappa shape index (κ2) is 6.88. The van der Waals surface area contributed by atoms with Gasteiger partial charge in [0.2, 0.25) is 15.9 Å². The number of piperidine rings is 1. The van der Waals surface area contributed by atoms with Crippen LogP contribution in [0.15, 0.2) is 23.1 Å². The molecule has 0 aromatic heterocycles. The van der Waals surface area contributed by atoms with Crippen molar-refractivity contribution in [2.45, 2.75) is 24.7 Å². The van der Waals surface area contributed by atoms with E-state index in [9.17, 15) is 13.2 Å². The average Bonchev–Trinajstić information content (AvgIpc) is 2.54. The lowest BCUT2D eigenvalue weighted by atomic mass is 9.97. The molecule has 6 nitrogen and oxygen atoms in total. The lowest BCUT2D eigenvalue weighted by Gasteiger charge is -2.32. The first-order valence-electron chi connectivity index (χ1n) is 7.63. The summed E-state index contributed by atoms with van der Waals surface area (Å²) in [4.78, 5) is 13.8. The molecule has 1 amide bonds. The van der Waals surface area contributed by atoms with Crippen LogP contribution >= 0.6 is 0 Å². The molecule has 0 unspecified atom stereocenters. The van der Waals surface area contributed by atoms with Crippen molar-refractivity contribution in [2.24, 2.45) is 5.92 Å². The Labute approximate surface area is 138 Å². The van der Waals surface area contributed by atoms with Gasteiger partial charge in [0.15, 0.2) is 0 Å². The van der Waals surface area contributed by atoms with E-state index in [4.69, 9.17) is 4.74 Å². The zero-order valence-electron chi connectivity index (χ0n) is 14.1. The van der Waals surface area contributed by atoms with Gasteiger partial charge in [-0.3, -0.25) is 4.79 Å². The van der Waals surface area contributed by atoms with E-state index >= 15 is 0 Å². The monoisotopic (exact) mass is 340 g/mol. The maximum Gasteiger partial charge on any atom is 0.246 e. The van der Waals surface area contributed by atoms with Gasteiger partial charge in [-0.2, -0.15) is 4.31 Å². The summed E-state index contributed by atoms with van der Waals surface area (Å²) in [5, 5.41) is 0. The van der Waals surface area contributed by atoms with Crippen LogP contribution in [0.1, 0.15) is 18.4 Å². The average molecular weight is 340 g/mol. The number of aryl methyl sites for hydroxylation is 1. The highest BCUT2D eigenvalue weighted by Crippen LogP contribution is 2.30. The minimum absolute atomic E-state index is 0.0650. The Morgan fingerprint density at radius 1 is 1.26 bits per heavy atom.